The summed E-state index contributed by atoms with van der Waals surface area (Å²) in [6, 6.07) is -0.114. The Kier molecular flexibility index (Phi) is 5.23. The normalized spacial score (nSPS) is 22.2. The Morgan fingerprint density at radius 2 is 2.18 bits per heavy atom. The summed E-state index contributed by atoms with van der Waals surface area (Å²) < 4.78 is 30.6. The molecule has 1 saturated carbocycles. The van der Waals surface area contributed by atoms with Crippen LogP contribution in [-0.4, -0.2) is 38.2 Å². The van der Waals surface area contributed by atoms with Gasteiger partial charge in [0.2, 0.25) is 10.0 Å². The molecule has 0 saturated heterocycles. The van der Waals surface area contributed by atoms with Crippen LogP contribution in [0.5, 0.6) is 0 Å². The van der Waals surface area contributed by atoms with Crippen LogP contribution >= 0.6 is 0 Å². The molecule has 0 unspecified atom stereocenters. The molecular formula is C14H23N3O4S. The van der Waals surface area contributed by atoms with Crippen molar-refractivity contribution >= 4 is 15.9 Å². The first kappa shape index (κ1) is 17.0. The Morgan fingerprint density at radius 3 is 2.82 bits per heavy atom. The first-order chi connectivity index (χ1) is 10.3. The van der Waals surface area contributed by atoms with Crippen LogP contribution in [0.2, 0.25) is 0 Å². The molecule has 0 aliphatic heterocycles. The molecule has 124 valence electrons. The summed E-state index contributed by atoms with van der Waals surface area (Å²) in [5, 5.41) is 2.84. The van der Waals surface area contributed by atoms with E-state index in [0.717, 1.165) is 25.5 Å². The van der Waals surface area contributed by atoms with E-state index >= 15 is 0 Å². The van der Waals surface area contributed by atoms with Gasteiger partial charge in [-0.15, -0.1) is 0 Å². The fraction of sp³-hybridized carbons (Fsp3) is 0.714. The number of rotatable bonds is 6. The summed E-state index contributed by atoms with van der Waals surface area (Å²) in [6.07, 6.45) is 5.08. The molecule has 1 aliphatic rings. The smallest absolute Gasteiger partial charge is 0.273 e. The predicted molar refractivity (Wildman–Crippen MR) is 82.0 cm³/mol. The number of amides is 1. The van der Waals surface area contributed by atoms with Gasteiger partial charge in [-0.05, 0) is 18.8 Å². The fourth-order valence-electron chi connectivity index (χ4n) is 2.85. The molecule has 1 heterocycles. The third-order valence-corrected chi connectivity index (χ3v) is 4.61. The van der Waals surface area contributed by atoms with E-state index in [4.69, 9.17) is 4.42 Å². The maximum Gasteiger partial charge on any atom is 0.273 e. The lowest BCUT2D eigenvalue weighted by Crippen LogP contribution is -2.41. The van der Waals surface area contributed by atoms with E-state index in [-0.39, 0.29) is 23.8 Å². The molecular weight excluding hydrogens is 306 g/mol. The van der Waals surface area contributed by atoms with Gasteiger partial charge in [-0.3, -0.25) is 4.79 Å². The molecule has 22 heavy (non-hydrogen) atoms. The highest BCUT2D eigenvalue weighted by Crippen LogP contribution is 2.26. The van der Waals surface area contributed by atoms with Gasteiger partial charge < -0.3 is 9.73 Å². The monoisotopic (exact) mass is 329 g/mol. The molecule has 2 N–H and O–H groups in total. The first-order valence-corrected chi connectivity index (χ1v) is 9.36. The molecule has 1 fully saturated rings. The Morgan fingerprint density at radius 1 is 1.45 bits per heavy atom. The van der Waals surface area contributed by atoms with Gasteiger partial charge >= 0.3 is 0 Å². The van der Waals surface area contributed by atoms with E-state index in [1.165, 1.54) is 6.39 Å². The maximum atomic E-state index is 12.2. The average molecular weight is 329 g/mol. The van der Waals surface area contributed by atoms with Gasteiger partial charge in [-0.1, -0.05) is 20.3 Å². The molecule has 0 aromatic carbocycles. The topological polar surface area (TPSA) is 101 Å². The predicted octanol–water partition coefficient (Wildman–Crippen LogP) is 1.25. The number of carbonyl (C=O) groups is 1. The zero-order chi connectivity index (χ0) is 16.3. The standard InChI is InChI=1S/C14H23N3O4S/c1-9(2)13-12(16-8-21-13)14(18)15-7-10-5-4-6-11(10)17-22(3,19)20/h8-11,17H,4-7H2,1-3H3,(H,15,18)/t10-,11-/m0/s1. The summed E-state index contributed by atoms with van der Waals surface area (Å²) in [5.74, 6) is 0.472. The Hall–Kier alpha value is -1.41. The molecule has 0 radical (unpaired) electrons. The molecule has 8 heteroatoms. The fourth-order valence-corrected chi connectivity index (χ4v) is 3.71. The number of carbonyl (C=O) groups excluding carboxylic acids is 1. The van der Waals surface area contributed by atoms with Gasteiger partial charge in [0, 0.05) is 18.5 Å². The molecule has 2 rings (SSSR count). The summed E-state index contributed by atoms with van der Waals surface area (Å²) in [5.41, 5.74) is 0.306. The Labute approximate surface area is 130 Å². The van der Waals surface area contributed by atoms with E-state index in [1.807, 2.05) is 13.8 Å². The number of hydrogen-bond acceptors (Lipinski definition) is 5. The number of nitrogens with zero attached hydrogens (tertiary/aromatic N) is 1. The summed E-state index contributed by atoms with van der Waals surface area (Å²) >= 11 is 0. The SMILES string of the molecule is CC(C)c1ocnc1C(=O)NC[C@@H]1CCC[C@@H]1NS(C)(=O)=O. The number of hydrogen-bond donors (Lipinski definition) is 2. The van der Waals surface area contributed by atoms with Crippen molar-refractivity contribution in [2.75, 3.05) is 12.8 Å². The zero-order valence-corrected chi connectivity index (χ0v) is 13.9. The van der Waals surface area contributed by atoms with E-state index in [9.17, 15) is 13.2 Å². The maximum absolute atomic E-state index is 12.2. The van der Waals surface area contributed by atoms with Gasteiger partial charge in [0.05, 0.1) is 6.26 Å². The summed E-state index contributed by atoms with van der Waals surface area (Å²) in [7, 11) is -3.23. The van der Waals surface area contributed by atoms with Gasteiger partial charge in [-0.25, -0.2) is 18.1 Å². The van der Waals surface area contributed by atoms with Crippen LogP contribution in [-0.2, 0) is 10.0 Å². The van der Waals surface area contributed by atoms with Gasteiger partial charge in [0.15, 0.2) is 12.1 Å². The second-order valence-corrected chi connectivity index (χ2v) is 7.90. The minimum atomic E-state index is -3.23. The third-order valence-electron chi connectivity index (χ3n) is 3.88. The first-order valence-electron chi connectivity index (χ1n) is 7.47. The van der Waals surface area contributed by atoms with Crippen molar-refractivity contribution in [3.8, 4) is 0 Å². The summed E-state index contributed by atoms with van der Waals surface area (Å²) in [6.45, 7) is 4.29. The largest absolute Gasteiger partial charge is 0.447 e. The number of aromatic nitrogens is 1. The van der Waals surface area contributed by atoms with Crippen LogP contribution in [0.1, 0.15) is 55.3 Å². The highest BCUT2D eigenvalue weighted by Gasteiger charge is 2.30. The molecule has 1 aromatic rings. The van der Waals surface area contributed by atoms with Crippen LogP contribution < -0.4 is 10.0 Å². The van der Waals surface area contributed by atoms with Crippen molar-refractivity contribution in [2.24, 2.45) is 5.92 Å². The van der Waals surface area contributed by atoms with Crippen LogP contribution in [0, 0.1) is 5.92 Å². The zero-order valence-electron chi connectivity index (χ0n) is 13.1. The lowest BCUT2D eigenvalue weighted by atomic mass is 10.0. The lowest BCUT2D eigenvalue weighted by Gasteiger charge is -2.20. The van der Waals surface area contributed by atoms with Crippen LogP contribution in [0.25, 0.3) is 0 Å². The van der Waals surface area contributed by atoms with E-state index in [0.29, 0.717) is 18.0 Å². The van der Waals surface area contributed by atoms with Crippen molar-refractivity contribution in [1.82, 2.24) is 15.0 Å². The number of sulfonamides is 1. The van der Waals surface area contributed by atoms with Gasteiger partial charge in [0.1, 0.15) is 5.76 Å². The van der Waals surface area contributed by atoms with Crippen molar-refractivity contribution in [1.29, 1.82) is 0 Å². The van der Waals surface area contributed by atoms with E-state index in [1.54, 1.807) is 0 Å². The second kappa shape index (κ2) is 6.78. The minimum Gasteiger partial charge on any atom is -0.447 e. The van der Waals surface area contributed by atoms with Crippen LogP contribution in [0.4, 0.5) is 0 Å². The average Bonchev–Trinajstić information content (AvgIpc) is 3.02. The molecule has 1 amide bonds. The molecule has 0 spiro atoms. The van der Waals surface area contributed by atoms with Crippen molar-refractivity contribution in [2.45, 2.75) is 45.1 Å². The molecule has 7 nitrogen and oxygen atoms in total. The molecule has 1 aromatic heterocycles. The van der Waals surface area contributed by atoms with Crippen LogP contribution in [0.3, 0.4) is 0 Å². The molecule has 2 atom stereocenters. The highest BCUT2D eigenvalue weighted by molar-refractivity contribution is 7.88. The minimum absolute atomic E-state index is 0.0781. The summed E-state index contributed by atoms with van der Waals surface area (Å²) in [4.78, 5) is 16.2. The Balaban J connectivity index is 1.94. The van der Waals surface area contributed by atoms with Gasteiger partial charge in [0.25, 0.3) is 5.91 Å². The number of nitrogens with one attached hydrogen (secondary N) is 2. The van der Waals surface area contributed by atoms with E-state index in [2.05, 4.69) is 15.0 Å². The van der Waals surface area contributed by atoms with Crippen molar-refractivity contribution in [3.05, 3.63) is 17.8 Å². The van der Waals surface area contributed by atoms with Crippen LogP contribution in [0.15, 0.2) is 10.8 Å². The third kappa shape index (κ3) is 4.30. The van der Waals surface area contributed by atoms with E-state index < -0.39 is 10.0 Å². The lowest BCUT2D eigenvalue weighted by molar-refractivity contribution is 0.0939. The number of oxazole rings is 1. The van der Waals surface area contributed by atoms with Crippen molar-refractivity contribution < 1.29 is 17.6 Å². The van der Waals surface area contributed by atoms with Crippen molar-refractivity contribution in [3.63, 3.8) is 0 Å². The quantitative estimate of drug-likeness (QED) is 0.818. The van der Waals surface area contributed by atoms with Gasteiger partial charge in [-0.2, -0.15) is 0 Å². The Bertz CT molecular complexity index is 624. The molecule has 0 bridgehead atoms. The second-order valence-electron chi connectivity index (χ2n) is 6.12. The highest BCUT2D eigenvalue weighted by atomic mass is 32.2. The molecule has 1 aliphatic carbocycles.